The molecular formula is C16H16N2. The van der Waals surface area contributed by atoms with Crippen LogP contribution < -0.4 is 10.6 Å². The molecule has 2 aromatic rings. The van der Waals surface area contributed by atoms with Crippen LogP contribution in [0.3, 0.4) is 0 Å². The zero-order valence-corrected chi connectivity index (χ0v) is 10.3. The van der Waals surface area contributed by atoms with Gasteiger partial charge in [-0.1, -0.05) is 24.8 Å². The molecule has 0 bridgehead atoms. The third kappa shape index (κ3) is 1.76. The molecule has 0 aliphatic carbocycles. The number of nitrogens with zero attached hydrogens (tertiary/aromatic N) is 1. The summed E-state index contributed by atoms with van der Waals surface area (Å²) in [4.78, 5) is 2.33. The van der Waals surface area contributed by atoms with Crippen molar-refractivity contribution in [2.45, 2.75) is 6.42 Å². The third-order valence-electron chi connectivity index (χ3n) is 3.44. The first-order chi connectivity index (χ1) is 8.78. The highest BCUT2D eigenvalue weighted by atomic mass is 15.2. The van der Waals surface area contributed by atoms with Crippen LogP contribution in [0.1, 0.15) is 11.1 Å². The molecule has 0 radical (unpaired) electrons. The molecule has 0 fully saturated rings. The SMILES string of the molecule is C=Cc1ccc(N2CCc3cc(N)ccc32)cc1. The van der Waals surface area contributed by atoms with E-state index in [9.17, 15) is 0 Å². The molecule has 1 aliphatic rings. The van der Waals surface area contributed by atoms with Crippen LogP contribution in [0, 0.1) is 0 Å². The van der Waals surface area contributed by atoms with Crippen molar-refractivity contribution in [2.75, 3.05) is 17.2 Å². The van der Waals surface area contributed by atoms with Crippen LogP contribution in [0.25, 0.3) is 6.08 Å². The van der Waals surface area contributed by atoms with E-state index in [1.54, 1.807) is 0 Å². The Bertz CT molecular complexity index is 585. The van der Waals surface area contributed by atoms with Gasteiger partial charge in [-0.2, -0.15) is 0 Å². The lowest BCUT2D eigenvalue weighted by Crippen LogP contribution is -2.12. The van der Waals surface area contributed by atoms with Crippen LogP contribution in [0.2, 0.25) is 0 Å². The smallest absolute Gasteiger partial charge is 0.0445 e. The number of hydrogen-bond acceptors (Lipinski definition) is 2. The van der Waals surface area contributed by atoms with Crippen LogP contribution in [-0.4, -0.2) is 6.54 Å². The summed E-state index contributed by atoms with van der Waals surface area (Å²) in [5.74, 6) is 0. The molecule has 3 rings (SSSR count). The average Bonchev–Trinajstić information content (AvgIpc) is 2.81. The topological polar surface area (TPSA) is 29.3 Å². The van der Waals surface area contributed by atoms with E-state index in [1.807, 2.05) is 12.1 Å². The standard InChI is InChI=1S/C16H16N2/c1-2-12-3-6-15(7-4-12)18-10-9-13-11-14(17)5-8-16(13)18/h2-8,11H,1,9-10,17H2. The summed E-state index contributed by atoms with van der Waals surface area (Å²) < 4.78 is 0. The Morgan fingerprint density at radius 3 is 2.61 bits per heavy atom. The van der Waals surface area contributed by atoms with Gasteiger partial charge in [-0.15, -0.1) is 0 Å². The third-order valence-corrected chi connectivity index (χ3v) is 3.44. The molecule has 90 valence electrons. The molecule has 0 aromatic heterocycles. The first-order valence-electron chi connectivity index (χ1n) is 6.16. The molecule has 1 heterocycles. The van der Waals surface area contributed by atoms with Gasteiger partial charge >= 0.3 is 0 Å². The van der Waals surface area contributed by atoms with Gasteiger partial charge in [0, 0.05) is 23.6 Å². The summed E-state index contributed by atoms with van der Waals surface area (Å²) in [5.41, 5.74) is 11.7. The van der Waals surface area contributed by atoms with E-state index in [1.165, 1.54) is 16.9 Å². The van der Waals surface area contributed by atoms with Crippen molar-refractivity contribution < 1.29 is 0 Å². The maximum absolute atomic E-state index is 5.82. The zero-order valence-electron chi connectivity index (χ0n) is 10.3. The fraction of sp³-hybridized carbons (Fsp3) is 0.125. The number of hydrogen-bond donors (Lipinski definition) is 1. The van der Waals surface area contributed by atoms with Crippen molar-refractivity contribution in [2.24, 2.45) is 0 Å². The lowest BCUT2D eigenvalue weighted by atomic mass is 10.1. The fourth-order valence-corrected chi connectivity index (χ4v) is 2.48. The zero-order chi connectivity index (χ0) is 12.5. The Morgan fingerprint density at radius 1 is 1.11 bits per heavy atom. The number of benzene rings is 2. The van der Waals surface area contributed by atoms with E-state index in [-0.39, 0.29) is 0 Å². The molecule has 0 saturated heterocycles. The van der Waals surface area contributed by atoms with Crippen LogP contribution in [0.5, 0.6) is 0 Å². The van der Waals surface area contributed by atoms with E-state index < -0.39 is 0 Å². The molecule has 0 amide bonds. The molecule has 2 N–H and O–H groups in total. The van der Waals surface area contributed by atoms with E-state index >= 15 is 0 Å². The molecule has 0 saturated carbocycles. The summed E-state index contributed by atoms with van der Waals surface area (Å²) in [6, 6.07) is 14.6. The second-order valence-corrected chi connectivity index (χ2v) is 4.59. The van der Waals surface area contributed by atoms with Crippen LogP contribution in [0.4, 0.5) is 17.1 Å². The van der Waals surface area contributed by atoms with Crippen molar-refractivity contribution in [3.05, 3.63) is 60.2 Å². The first kappa shape index (κ1) is 10.9. The van der Waals surface area contributed by atoms with E-state index in [2.05, 4.69) is 47.9 Å². The monoisotopic (exact) mass is 236 g/mol. The molecule has 2 aromatic carbocycles. The quantitative estimate of drug-likeness (QED) is 0.807. The molecule has 1 aliphatic heterocycles. The van der Waals surface area contributed by atoms with Crippen molar-refractivity contribution in [3.8, 4) is 0 Å². The molecule has 2 nitrogen and oxygen atoms in total. The van der Waals surface area contributed by atoms with Crippen LogP contribution in [0.15, 0.2) is 49.0 Å². The minimum atomic E-state index is 0.845. The van der Waals surface area contributed by atoms with Crippen molar-refractivity contribution in [1.82, 2.24) is 0 Å². The van der Waals surface area contributed by atoms with Gasteiger partial charge in [0.1, 0.15) is 0 Å². The Kier molecular flexibility index (Phi) is 2.56. The largest absolute Gasteiger partial charge is 0.399 e. The van der Waals surface area contributed by atoms with Gasteiger partial charge in [0.2, 0.25) is 0 Å². The number of nitrogens with two attached hydrogens (primary N) is 1. The van der Waals surface area contributed by atoms with E-state index in [4.69, 9.17) is 5.73 Å². The Morgan fingerprint density at radius 2 is 1.89 bits per heavy atom. The minimum absolute atomic E-state index is 0.845. The lowest BCUT2D eigenvalue weighted by Gasteiger charge is -2.19. The van der Waals surface area contributed by atoms with Crippen molar-refractivity contribution in [1.29, 1.82) is 0 Å². The van der Waals surface area contributed by atoms with Crippen molar-refractivity contribution >= 4 is 23.1 Å². The highest BCUT2D eigenvalue weighted by Gasteiger charge is 2.20. The number of nitrogen functional groups attached to an aromatic ring is 1. The Balaban J connectivity index is 1.97. The van der Waals surface area contributed by atoms with Gasteiger partial charge in [-0.3, -0.25) is 0 Å². The second kappa shape index (κ2) is 4.22. The number of anilines is 3. The molecule has 0 atom stereocenters. The fourth-order valence-electron chi connectivity index (χ4n) is 2.48. The maximum Gasteiger partial charge on any atom is 0.0445 e. The van der Waals surface area contributed by atoms with E-state index in [0.717, 1.165) is 24.2 Å². The normalized spacial score (nSPS) is 13.4. The Labute approximate surface area is 107 Å². The predicted octanol–water partition coefficient (Wildman–Crippen LogP) is 3.61. The molecule has 0 spiro atoms. The Hall–Kier alpha value is -2.22. The summed E-state index contributed by atoms with van der Waals surface area (Å²) in [5, 5.41) is 0. The average molecular weight is 236 g/mol. The summed E-state index contributed by atoms with van der Waals surface area (Å²) in [6.45, 7) is 4.80. The maximum atomic E-state index is 5.82. The van der Waals surface area contributed by atoms with Gasteiger partial charge in [-0.25, -0.2) is 0 Å². The van der Waals surface area contributed by atoms with Gasteiger partial charge in [0.15, 0.2) is 0 Å². The highest BCUT2D eigenvalue weighted by Crippen LogP contribution is 2.35. The molecular weight excluding hydrogens is 220 g/mol. The number of rotatable bonds is 2. The molecule has 18 heavy (non-hydrogen) atoms. The lowest BCUT2D eigenvalue weighted by molar-refractivity contribution is 0.998. The first-order valence-corrected chi connectivity index (χ1v) is 6.16. The molecule has 2 heteroatoms. The van der Waals surface area contributed by atoms with Gasteiger partial charge in [0.25, 0.3) is 0 Å². The summed E-state index contributed by atoms with van der Waals surface area (Å²) >= 11 is 0. The van der Waals surface area contributed by atoms with E-state index in [0.29, 0.717) is 0 Å². The van der Waals surface area contributed by atoms with Crippen LogP contribution in [-0.2, 0) is 6.42 Å². The highest BCUT2D eigenvalue weighted by molar-refractivity contribution is 5.72. The number of fused-ring (bicyclic) bond motifs is 1. The van der Waals surface area contributed by atoms with Gasteiger partial charge < -0.3 is 10.6 Å². The summed E-state index contributed by atoms with van der Waals surface area (Å²) in [6.07, 6.45) is 2.92. The van der Waals surface area contributed by atoms with Crippen molar-refractivity contribution in [3.63, 3.8) is 0 Å². The second-order valence-electron chi connectivity index (χ2n) is 4.59. The van der Waals surface area contributed by atoms with Gasteiger partial charge in [-0.05, 0) is 47.9 Å². The van der Waals surface area contributed by atoms with Crippen LogP contribution >= 0.6 is 0 Å². The predicted molar refractivity (Wildman–Crippen MR) is 78.1 cm³/mol. The summed E-state index contributed by atoms with van der Waals surface area (Å²) in [7, 11) is 0. The minimum Gasteiger partial charge on any atom is -0.399 e. The van der Waals surface area contributed by atoms with Gasteiger partial charge in [0.05, 0.1) is 0 Å². The molecule has 0 unspecified atom stereocenters.